The van der Waals surface area contributed by atoms with E-state index in [2.05, 4.69) is 17.6 Å². The van der Waals surface area contributed by atoms with Crippen molar-refractivity contribution in [2.75, 3.05) is 0 Å². The number of benzene rings is 1. The van der Waals surface area contributed by atoms with Gasteiger partial charge in [-0.2, -0.15) is 0 Å². The summed E-state index contributed by atoms with van der Waals surface area (Å²) in [5.74, 6) is 0.0698. The molecule has 2 heterocycles. The maximum atomic E-state index is 13.0. The van der Waals surface area contributed by atoms with E-state index in [4.69, 9.17) is 0 Å². The molecule has 0 amide bonds. The van der Waals surface area contributed by atoms with Crippen LogP contribution in [0, 0.1) is 0 Å². The van der Waals surface area contributed by atoms with Crippen LogP contribution in [0.3, 0.4) is 0 Å². The third-order valence-electron chi connectivity index (χ3n) is 4.89. The molecule has 1 aliphatic carbocycles. The van der Waals surface area contributed by atoms with Crippen LogP contribution in [0.4, 0.5) is 0 Å². The van der Waals surface area contributed by atoms with Gasteiger partial charge in [-0.15, -0.1) is 17.9 Å². The van der Waals surface area contributed by atoms with Gasteiger partial charge in [0.1, 0.15) is 4.83 Å². The van der Waals surface area contributed by atoms with Crippen molar-refractivity contribution in [3.8, 4) is 0 Å². The van der Waals surface area contributed by atoms with Crippen molar-refractivity contribution in [2.24, 2.45) is 0 Å². The predicted molar refractivity (Wildman–Crippen MR) is 112 cm³/mol. The van der Waals surface area contributed by atoms with Gasteiger partial charge < -0.3 is 0 Å². The Balaban J connectivity index is 1.65. The summed E-state index contributed by atoms with van der Waals surface area (Å²) >= 11 is 2.78. The Kier molecular flexibility index (Phi) is 5.02. The number of carbonyl (C=O) groups excluding carboxylic acids is 1. The Hall–Kier alpha value is -2.18. The lowest BCUT2D eigenvalue weighted by Crippen LogP contribution is -2.24. The van der Waals surface area contributed by atoms with E-state index >= 15 is 0 Å². The average Bonchev–Trinajstić information content (AvgIpc) is 3.32. The fourth-order valence-electron chi connectivity index (χ4n) is 3.48. The highest BCUT2D eigenvalue weighted by Crippen LogP contribution is 2.28. The molecule has 3 aromatic rings. The molecule has 0 saturated heterocycles. The zero-order chi connectivity index (χ0) is 19.0. The van der Waals surface area contributed by atoms with Gasteiger partial charge in [0.25, 0.3) is 5.56 Å². The normalized spacial score (nSPS) is 14.3. The summed E-state index contributed by atoms with van der Waals surface area (Å²) in [6.45, 7) is 5.99. The number of nitrogens with zero attached hydrogens (tertiary/aromatic N) is 2. The van der Waals surface area contributed by atoms with E-state index in [1.807, 2.05) is 24.4 Å². The molecule has 0 fully saturated rings. The van der Waals surface area contributed by atoms with Gasteiger partial charge in [0.05, 0.1) is 10.6 Å². The van der Waals surface area contributed by atoms with Crippen molar-refractivity contribution in [1.29, 1.82) is 0 Å². The topological polar surface area (TPSA) is 52.0 Å². The summed E-state index contributed by atoms with van der Waals surface area (Å²) in [5.41, 5.74) is 3.31. The minimum atomic E-state index is -0.329. The van der Waals surface area contributed by atoms with Crippen molar-refractivity contribution in [3.63, 3.8) is 0 Å². The van der Waals surface area contributed by atoms with E-state index in [0.29, 0.717) is 21.9 Å². The van der Waals surface area contributed by atoms with Gasteiger partial charge in [0.2, 0.25) is 0 Å². The first-order valence-electron chi connectivity index (χ1n) is 9.00. The van der Waals surface area contributed by atoms with E-state index in [-0.39, 0.29) is 16.6 Å². The van der Waals surface area contributed by atoms with Gasteiger partial charge in [-0.1, -0.05) is 30.0 Å². The number of thioether (sulfide) groups is 1. The molecule has 2 aromatic heterocycles. The van der Waals surface area contributed by atoms with Crippen molar-refractivity contribution in [3.05, 3.63) is 69.3 Å². The van der Waals surface area contributed by atoms with Gasteiger partial charge in [0.15, 0.2) is 10.9 Å². The van der Waals surface area contributed by atoms with Crippen LogP contribution >= 0.6 is 23.1 Å². The number of ketones is 1. The summed E-state index contributed by atoms with van der Waals surface area (Å²) in [4.78, 5) is 31.0. The first-order valence-corrected chi connectivity index (χ1v) is 10.8. The van der Waals surface area contributed by atoms with Gasteiger partial charge in [-0.25, -0.2) is 4.98 Å². The minimum Gasteiger partial charge on any atom is -0.293 e. The number of fused-ring (bicyclic) bond motifs is 2. The zero-order valence-corrected chi connectivity index (χ0v) is 16.7. The Morgan fingerprint density at radius 3 is 3.00 bits per heavy atom. The quantitative estimate of drug-likeness (QED) is 0.266. The van der Waals surface area contributed by atoms with Crippen molar-refractivity contribution < 1.29 is 4.79 Å². The highest BCUT2D eigenvalue weighted by Gasteiger charge is 2.22. The smallest absolute Gasteiger partial charge is 0.263 e. The largest absolute Gasteiger partial charge is 0.293 e. The summed E-state index contributed by atoms with van der Waals surface area (Å²) in [6, 6.07) is 7.84. The van der Waals surface area contributed by atoms with E-state index in [1.165, 1.54) is 34.2 Å². The van der Waals surface area contributed by atoms with Crippen LogP contribution in [0.15, 0.2) is 52.3 Å². The van der Waals surface area contributed by atoms with E-state index in [0.717, 1.165) is 24.8 Å². The molecule has 1 atom stereocenters. The van der Waals surface area contributed by atoms with Gasteiger partial charge in [-0.05, 0) is 54.8 Å². The van der Waals surface area contributed by atoms with Crippen LogP contribution in [-0.2, 0) is 19.4 Å². The van der Waals surface area contributed by atoms with Crippen LogP contribution in [0.2, 0.25) is 0 Å². The Morgan fingerprint density at radius 2 is 2.19 bits per heavy atom. The standard InChI is InChI=1S/C21H20N2O2S2/c1-3-10-23-20(25)17-9-11-26-19(17)22-21(23)27-13(2)18(24)16-8-7-14-5-4-6-15(14)12-16/h3,7-9,11-13H,1,4-6,10H2,2H3. The first kappa shape index (κ1) is 18.2. The maximum absolute atomic E-state index is 13.0. The monoisotopic (exact) mass is 396 g/mol. The molecule has 1 aliphatic rings. The number of allylic oxidation sites excluding steroid dienone is 1. The summed E-state index contributed by atoms with van der Waals surface area (Å²) in [7, 11) is 0. The molecule has 6 heteroatoms. The van der Waals surface area contributed by atoms with E-state index < -0.39 is 0 Å². The number of Topliss-reactive ketones (excluding diaryl/α,β-unsaturated/α-hetero) is 1. The number of rotatable bonds is 6. The second kappa shape index (κ2) is 7.44. The molecule has 0 aliphatic heterocycles. The zero-order valence-electron chi connectivity index (χ0n) is 15.1. The molecule has 1 aromatic carbocycles. The molecule has 0 bridgehead atoms. The summed E-state index contributed by atoms with van der Waals surface area (Å²) in [6.07, 6.45) is 4.99. The second-order valence-corrected chi connectivity index (χ2v) is 8.90. The molecular weight excluding hydrogens is 376 g/mol. The molecule has 138 valence electrons. The van der Waals surface area contributed by atoms with E-state index in [9.17, 15) is 9.59 Å². The van der Waals surface area contributed by atoms with Crippen LogP contribution < -0.4 is 5.56 Å². The van der Waals surface area contributed by atoms with Crippen LogP contribution in [0.1, 0.15) is 34.8 Å². The SMILES string of the molecule is C=CCn1c(SC(C)C(=O)c2ccc3c(c2)CCC3)nc2sccc2c1=O. The van der Waals surface area contributed by atoms with Crippen LogP contribution in [0.25, 0.3) is 10.2 Å². The molecule has 4 nitrogen and oxygen atoms in total. The van der Waals surface area contributed by atoms with Crippen LogP contribution in [-0.4, -0.2) is 20.6 Å². The molecule has 4 rings (SSSR count). The lowest BCUT2D eigenvalue weighted by atomic mass is 10.0. The van der Waals surface area contributed by atoms with Gasteiger partial charge >= 0.3 is 0 Å². The first-order chi connectivity index (χ1) is 13.1. The minimum absolute atomic E-state index is 0.0698. The fourth-order valence-corrected chi connectivity index (χ4v) is 5.28. The van der Waals surface area contributed by atoms with Gasteiger partial charge in [0, 0.05) is 12.1 Å². The highest BCUT2D eigenvalue weighted by molar-refractivity contribution is 8.00. The molecule has 0 saturated carbocycles. The molecule has 0 radical (unpaired) electrons. The van der Waals surface area contributed by atoms with Crippen molar-refractivity contribution in [2.45, 2.75) is 43.1 Å². The molecular formula is C21H20N2O2S2. The molecule has 27 heavy (non-hydrogen) atoms. The predicted octanol–water partition coefficient (Wildman–Crippen LogP) is 4.50. The van der Waals surface area contributed by atoms with Crippen molar-refractivity contribution >= 4 is 39.1 Å². The maximum Gasteiger partial charge on any atom is 0.263 e. The number of aryl methyl sites for hydroxylation is 2. The Morgan fingerprint density at radius 1 is 1.37 bits per heavy atom. The third kappa shape index (κ3) is 3.39. The van der Waals surface area contributed by atoms with Crippen LogP contribution in [0.5, 0.6) is 0 Å². The average molecular weight is 397 g/mol. The fraction of sp³-hybridized carbons (Fsp3) is 0.286. The number of thiophene rings is 1. The molecule has 1 unspecified atom stereocenters. The lowest BCUT2D eigenvalue weighted by molar-refractivity contribution is 0.0993. The number of hydrogen-bond acceptors (Lipinski definition) is 5. The highest BCUT2D eigenvalue weighted by atomic mass is 32.2. The Labute approximate surface area is 165 Å². The number of carbonyl (C=O) groups is 1. The number of hydrogen-bond donors (Lipinski definition) is 0. The second-order valence-electron chi connectivity index (χ2n) is 6.70. The summed E-state index contributed by atoms with van der Waals surface area (Å²) in [5, 5.41) is 2.72. The van der Waals surface area contributed by atoms with Gasteiger partial charge in [-0.3, -0.25) is 14.2 Å². The Bertz CT molecular complexity index is 1100. The summed E-state index contributed by atoms with van der Waals surface area (Å²) < 4.78 is 1.60. The van der Waals surface area contributed by atoms with Crippen molar-refractivity contribution in [1.82, 2.24) is 9.55 Å². The molecule has 0 spiro atoms. The lowest BCUT2D eigenvalue weighted by Gasteiger charge is -2.14. The third-order valence-corrected chi connectivity index (χ3v) is 6.79. The number of aromatic nitrogens is 2. The molecule has 0 N–H and O–H groups in total. The van der Waals surface area contributed by atoms with E-state index in [1.54, 1.807) is 16.7 Å².